The Kier molecular flexibility index (Phi) is 5.04. The van der Waals surface area contributed by atoms with Crippen LogP contribution in [0.3, 0.4) is 0 Å². The normalized spacial score (nSPS) is 17.1. The fourth-order valence-electron chi connectivity index (χ4n) is 2.07. The van der Waals surface area contributed by atoms with E-state index in [1.807, 2.05) is 12.1 Å². The second kappa shape index (κ2) is 6.55. The monoisotopic (exact) mass is 266 g/mol. The predicted octanol–water partition coefficient (Wildman–Crippen LogP) is 3.33. The van der Waals surface area contributed by atoms with Gasteiger partial charge in [-0.3, -0.25) is 4.90 Å². The van der Waals surface area contributed by atoms with Gasteiger partial charge in [0.2, 0.25) is 0 Å². The average molecular weight is 267 g/mol. The van der Waals surface area contributed by atoms with Gasteiger partial charge in [0.15, 0.2) is 0 Å². The van der Waals surface area contributed by atoms with Gasteiger partial charge in [-0.2, -0.15) is 0 Å². The van der Waals surface area contributed by atoms with E-state index in [1.165, 1.54) is 24.9 Å². The zero-order valence-electron chi connectivity index (χ0n) is 11.3. The number of nitrogens with one attached hydrogen (secondary N) is 1. The summed E-state index contributed by atoms with van der Waals surface area (Å²) in [7, 11) is 2.18. The number of likely N-dealkylation sites (N-methyl/N-ethyl adjacent to an activating group) is 1. The van der Waals surface area contributed by atoms with Gasteiger partial charge in [0.05, 0.1) is 0 Å². The van der Waals surface area contributed by atoms with Gasteiger partial charge in [-0.1, -0.05) is 23.7 Å². The van der Waals surface area contributed by atoms with E-state index in [2.05, 4.69) is 36.3 Å². The summed E-state index contributed by atoms with van der Waals surface area (Å²) >= 11 is 5.91. The zero-order chi connectivity index (χ0) is 13.0. The van der Waals surface area contributed by atoms with E-state index in [9.17, 15) is 0 Å². The summed E-state index contributed by atoms with van der Waals surface area (Å²) in [6, 6.07) is 8.59. The number of hydrogen-bond donors (Lipinski definition) is 1. The van der Waals surface area contributed by atoms with Crippen LogP contribution in [-0.4, -0.2) is 31.6 Å². The molecule has 0 spiro atoms. The van der Waals surface area contributed by atoms with Gasteiger partial charge >= 0.3 is 0 Å². The molecule has 1 aromatic rings. The van der Waals surface area contributed by atoms with Crippen LogP contribution in [0.2, 0.25) is 5.02 Å². The molecule has 0 aromatic heterocycles. The second-order valence-corrected chi connectivity index (χ2v) is 5.79. The van der Waals surface area contributed by atoms with Crippen molar-refractivity contribution >= 4 is 11.6 Å². The van der Waals surface area contributed by atoms with Crippen molar-refractivity contribution in [3.63, 3.8) is 0 Å². The smallest absolute Gasteiger partial charge is 0.0406 e. The predicted molar refractivity (Wildman–Crippen MR) is 78.1 cm³/mol. The molecule has 1 aliphatic rings. The summed E-state index contributed by atoms with van der Waals surface area (Å²) in [6.45, 7) is 5.59. The highest BCUT2D eigenvalue weighted by atomic mass is 35.5. The zero-order valence-corrected chi connectivity index (χ0v) is 12.1. The number of halogens is 1. The first-order valence-electron chi connectivity index (χ1n) is 6.83. The summed E-state index contributed by atoms with van der Waals surface area (Å²) in [5, 5.41) is 4.34. The lowest BCUT2D eigenvalue weighted by atomic mass is 10.1. The molecule has 2 rings (SSSR count). The number of nitrogens with zero attached hydrogens (tertiary/aromatic N) is 1. The minimum atomic E-state index is 0.435. The molecule has 1 saturated carbocycles. The lowest BCUT2D eigenvalue weighted by molar-refractivity contribution is 0.261. The highest BCUT2D eigenvalue weighted by Crippen LogP contribution is 2.27. The Morgan fingerprint density at radius 2 is 2.00 bits per heavy atom. The van der Waals surface area contributed by atoms with E-state index in [0.29, 0.717) is 6.04 Å². The van der Waals surface area contributed by atoms with Crippen molar-refractivity contribution in [2.24, 2.45) is 5.92 Å². The molecule has 0 saturated heterocycles. The van der Waals surface area contributed by atoms with Crippen molar-refractivity contribution in [2.75, 3.05) is 26.7 Å². The number of hydrogen-bond acceptors (Lipinski definition) is 2. The molecule has 0 amide bonds. The molecule has 3 heteroatoms. The van der Waals surface area contributed by atoms with Crippen LogP contribution >= 0.6 is 11.6 Å². The van der Waals surface area contributed by atoms with Gasteiger partial charge in [-0.15, -0.1) is 0 Å². The quantitative estimate of drug-likeness (QED) is 0.762. The van der Waals surface area contributed by atoms with Gasteiger partial charge in [0, 0.05) is 24.2 Å². The number of benzene rings is 1. The Bertz CT molecular complexity index is 359. The topological polar surface area (TPSA) is 15.3 Å². The lowest BCUT2D eigenvalue weighted by Gasteiger charge is -2.25. The number of rotatable bonds is 7. The molecular formula is C15H23ClN2. The van der Waals surface area contributed by atoms with Crippen molar-refractivity contribution in [1.82, 2.24) is 10.2 Å². The van der Waals surface area contributed by atoms with Crippen molar-refractivity contribution < 1.29 is 0 Å². The molecule has 2 nitrogen and oxygen atoms in total. The summed E-state index contributed by atoms with van der Waals surface area (Å²) in [6.07, 6.45) is 2.84. The summed E-state index contributed by atoms with van der Waals surface area (Å²) < 4.78 is 0. The second-order valence-electron chi connectivity index (χ2n) is 5.36. The van der Waals surface area contributed by atoms with Crippen molar-refractivity contribution in [2.45, 2.75) is 25.8 Å². The first-order valence-corrected chi connectivity index (χ1v) is 7.21. The molecule has 18 heavy (non-hydrogen) atoms. The molecular weight excluding hydrogens is 244 g/mol. The Balaban J connectivity index is 1.72. The summed E-state index contributed by atoms with van der Waals surface area (Å²) in [5.41, 5.74) is 1.32. The highest BCUT2D eigenvalue weighted by Gasteiger charge is 2.20. The molecule has 0 aliphatic heterocycles. The van der Waals surface area contributed by atoms with E-state index in [-0.39, 0.29) is 0 Å². The van der Waals surface area contributed by atoms with Crippen LogP contribution in [0.4, 0.5) is 0 Å². The third-order valence-corrected chi connectivity index (χ3v) is 4.04. The summed E-state index contributed by atoms with van der Waals surface area (Å²) in [4.78, 5) is 2.38. The Morgan fingerprint density at radius 3 is 2.61 bits per heavy atom. The van der Waals surface area contributed by atoms with Crippen molar-refractivity contribution in [3.05, 3.63) is 34.9 Å². The van der Waals surface area contributed by atoms with Crippen LogP contribution in [-0.2, 0) is 0 Å². The first-order chi connectivity index (χ1) is 8.66. The summed E-state index contributed by atoms with van der Waals surface area (Å²) in [5.74, 6) is 0.962. The van der Waals surface area contributed by atoms with Gasteiger partial charge in [-0.25, -0.2) is 0 Å². The van der Waals surface area contributed by atoms with E-state index in [4.69, 9.17) is 11.6 Å². The van der Waals surface area contributed by atoms with Crippen LogP contribution < -0.4 is 5.32 Å². The van der Waals surface area contributed by atoms with Crippen LogP contribution in [0.15, 0.2) is 24.3 Å². The van der Waals surface area contributed by atoms with Crippen molar-refractivity contribution in [1.29, 1.82) is 0 Å². The highest BCUT2D eigenvalue weighted by molar-refractivity contribution is 6.30. The molecule has 0 heterocycles. The first kappa shape index (κ1) is 13.9. The fourth-order valence-corrected chi connectivity index (χ4v) is 2.20. The largest absolute Gasteiger partial charge is 0.315 e. The molecule has 1 unspecified atom stereocenters. The van der Waals surface area contributed by atoms with E-state index in [1.54, 1.807) is 0 Å². The minimum absolute atomic E-state index is 0.435. The van der Waals surface area contributed by atoms with E-state index < -0.39 is 0 Å². The van der Waals surface area contributed by atoms with Crippen LogP contribution in [0.25, 0.3) is 0 Å². The molecule has 1 aromatic carbocycles. The molecule has 1 fully saturated rings. The maximum atomic E-state index is 5.91. The molecule has 1 N–H and O–H groups in total. The molecule has 0 bridgehead atoms. The Morgan fingerprint density at radius 1 is 1.33 bits per heavy atom. The van der Waals surface area contributed by atoms with Crippen LogP contribution in [0.1, 0.15) is 31.4 Å². The Hall–Kier alpha value is -0.570. The van der Waals surface area contributed by atoms with Gasteiger partial charge < -0.3 is 5.32 Å². The lowest BCUT2D eigenvalue weighted by Crippen LogP contribution is -2.32. The minimum Gasteiger partial charge on any atom is -0.315 e. The van der Waals surface area contributed by atoms with E-state index in [0.717, 1.165) is 24.0 Å². The maximum Gasteiger partial charge on any atom is 0.0406 e. The van der Waals surface area contributed by atoms with Gasteiger partial charge in [0.25, 0.3) is 0 Å². The Labute approximate surface area is 115 Å². The standard InChI is InChI=1S/C15H23ClN2/c1-12(14-5-7-15(16)8-6-14)18(2)10-9-17-11-13-3-4-13/h5-8,12-13,17H,3-4,9-11H2,1-2H3. The third kappa shape index (κ3) is 4.27. The molecule has 100 valence electrons. The third-order valence-electron chi connectivity index (χ3n) is 3.78. The molecule has 1 aliphatic carbocycles. The maximum absolute atomic E-state index is 5.91. The van der Waals surface area contributed by atoms with Crippen LogP contribution in [0.5, 0.6) is 0 Å². The SMILES string of the molecule is CC(c1ccc(Cl)cc1)N(C)CCNCC1CC1. The van der Waals surface area contributed by atoms with Crippen LogP contribution in [0, 0.1) is 5.92 Å². The fraction of sp³-hybridized carbons (Fsp3) is 0.600. The van der Waals surface area contributed by atoms with Gasteiger partial charge in [0.1, 0.15) is 0 Å². The molecule has 1 atom stereocenters. The average Bonchev–Trinajstić information content (AvgIpc) is 3.18. The van der Waals surface area contributed by atoms with Crippen molar-refractivity contribution in [3.8, 4) is 0 Å². The van der Waals surface area contributed by atoms with Gasteiger partial charge in [-0.05, 0) is 57.0 Å². The molecule has 0 radical (unpaired) electrons. The van der Waals surface area contributed by atoms with E-state index >= 15 is 0 Å².